The van der Waals surface area contributed by atoms with Gasteiger partial charge in [-0.2, -0.15) is 0 Å². The minimum atomic E-state index is 0.970. The molecule has 0 saturated carbocycles. The minimum Gasteiger partial charge on any atom is -0.0984 e. The molecular weight excluding hydrogens is 276 g/mol. The Balaban J connectivity index is 0.000000615. The summed E-state index contributed by atoms with van der Waals surface area (Å²) in [7, 11) is 0. The molecule has 0 fully saturated rings. The Kier molecular flexibility index (Phi) is 7.83. The molecule has 0 aromatic heterocycles. The van der Waals surface area contributed by atoms with Crippen LogP contribution in [-0.4, -0.2) is 0 Å². The smallest absolute Gasteiger partial charge is 0.00993 e. The van der Waals surface area contributed by atoms with Crippen LogP contribution in [-0.2, 0) is 0 Å². The van der Waals surface area contributed by atoms with Crippen molar-refractivity contribution >= 4 is 35.1 Å². The lowest BCUT2D eigenvalue weighted by Gasteiger charge is -2.09. The molecule has 0 heterocycles. The predicted octanol–water partition coefficient (Wildman–Crippen LogP) is 5.70. The van der Waals surface area contributed by atoms with E-state index in [1.165, 1.54) is 32.3 Å². The van der Waals surface area contributed by atoms with Crippen molar-refractivity contribution < 1.29 is 0 Å². The molecule has 0 nitrogen and oxygen atoms in total. The Labute approximate surface area is 140 Å². The van der Waals surface area contributed by atoms with E-state index in [1.807, 2.05) is 39.8 Å². The zero-order chi connectivity index (χ0) is 17.2. The van der Waals surface area contributed by atoms with E-state index in [-0.39, 0.29) is 0 Å². The lowest BCUT2D eigenvalue weighted by molar-refractivity contribution is 1.46. The minimum absolute atomic E-state index is 0.970. The fourth-order valence-electron chi connectivity index (χ4n) is 2.80. The quantitative estimate of drug-likeness (QED) is 0.667. The van der Waals surface area contributed by atoms with Crippen LogP contribution in [0.4, 0.5) is 0 Å². The first-order valence-corrected chi connectivity index (χ1v) is 8.53. The lowest BCUT2D eigenvalue weighted by atomic mass is 9.94. The first kappa shape index (κ1) is 18.7. The third-order valence-electron chi connectivity index (χ3n) is 3.64. The first-order valence-electron chi connectivity index (χ1n) is 8.53. The Morgan fingerprint density at radius 2 is 1.43 bits per heavy atom. The van der Waals surface area contributed by atoms with Gasteiger partial charge in [-0.1, -0.05) is 102 Å². The summed E-state index contributed by atoms with van der Waals surface area (Å²) >= 11 is 0. The zero-order valence-electron chi connectivity index (χ0n) is 14.9. The van der Waals surface area contributed by atoms with Crippen LogP contribution in [0.25, 0.3) is 35.1 Å². The molecule has 0 heteroatoms. The molecule has 0 bridgehead atoms. The highest BCUT2D eigenvalue weighted by molar-refractivity contribution is 5.95. The monoisotopic (exact) mass is 304 g/mol. The molecule has 23 heavy (non-hydrogen) atoms. The van der Waals surface area contributed by atoms with Crippen LogP contribution in [0.3, 0.4) is 0 Å². The Hall–Kier alpha value is -2.34. The molecule has 2 aromatic rings. The molecule has 0 N–H and O–H groups in total. The average Bonchev–Trinajstić information content (AvgIpc) is 2.90. The normalized spacial score (nSPS) is 11.3. The van der Waals surface area contributed by atoms with Gasteiger partial charge in [-0.3, -0.25) is 0 Å². The fourth-order valence-corrected chi connectivity index (χ4v) is 2.80. The van der Waals surface area contributed by atoms with Crippen molar-refractivity contribution in [2.45, 2.75) is 34.1 Å². The molecule has 0 saturated heterocycles. The second-order valence-electron chi connectivity index (χ2n) is 4.64. The van der Waals surface area contributed by atoms with Crippen molar-refractivity contribution in [3.8, 4) is 0 Å². The summed E-state index contributed by atoms with van der Waals surface area (Å²) in [6, 6.07) is 8.51. The van der Waals surface area contributed by atoms with Crippen molar-refractivity contribution in [2.24, 2.45) is 0 Å². The Morgan fingerprint density at radius 1 is 0.826 bits per heavy atom. The van der Waals surface area contributed by atoms with Gasteiger partial charge in [0.05, 0.1) is 0 Å². The number of hydrogen-bond acceptors (Lipinski definition) is 0. The van der Waals surface area contributed by atoms with Crippen molar-refractivity contribution in [1.29, 1.82) is 0 Å². The van der Waals surface area contributed by atoms with Gasteiger partial charge in [0.2, 0.25) is 0 Å². The molecule has 0 unspecified atom stereocenters. The summed E-state index contributed by atoms with van der Waals surface area (Å²) in [6.45, 7) is 16.0. The fraction of sp³-hybridized carbons (Fsp3) is 0.217. The van der Waals surface area contributed by atoms with Gasteiger partial charge < -0.3 is 0 Å². The second kappa shape index (κ2) is 9.63. The lowest BCUT2D eigenvalue weighted by Crippen LogP contribution is -2.28. The standard InChI is InChI=1S/C19H16.2C2H6/c1-3-14-15(4-2)17-12-8-9-13-19(17)18-11-7-5-6-10-16(14)18;2*1-2/h3-6,8-13H,1-2,7H2;2*1-2H3. The van der Waals surface area contributed by atoms with E-state index >= 15 is 0 Å². The number of hydrogen-bond donors (Lipinski definition) is 0. The molecular formula is C23H28. The van der Waals surface area contributed by atoms with Crippen molar-refractivity contribution in [2.75, 3.05) is 0 Å². The number of rotatable bonds is 2. The maximum atomic E-state index is 3.98. The van der Waals surface area contributed by atoms with Crippen molar-refractivity contribution in [1.82, 2.24) is 0 Å². The zero-order valence-corrected chi connectivity index (χ0v) is 14.9. The molecule has 0 spiro atoms. The van der Waals surface area contributed by atoms with Crippen LogP contribution in [0, 0.1) is 0 Å². The summed E-state index contributed by atoms with van der Waals surface area (Å²) in [5.41, 5.74) is 2.34. The van der Waals surface area contributed by atoms with Crippen LogP contribution in [0.2, 0.25) is 0 Å². The van der Waals surface area contributed by atoms with Gasteiger partial charge in [-0.15, -0.1) is 0 Å². The van der Waals surface area contributed by atoms with Crippen LogP contribution in [0.15, 0.2) is 49.6 Å². The van der Waals surface area contributed by atoms with E-state index < -0.39 is 0 Å². The highest BCUT2D eigenvalue weighted by Gasteiger charge is 2.07. The van der Waals surface area contributed by atoms with E-state index in [0.29, 0.717) is 0 Å². The third kappa shape index (κ3) is 3.71. The Bertz CT molecular complexity index is 817. The SMILES string of the molecule is C=Cc1c(C=C)c2ccccc2c2c1=CC=CCC=2.CC.CC. The van der Waals surface area contributed by atoms with Gasteiger partial charge in [-0.25, -0.2) is 0 Å². The summed E-state index contributed by atoms with van der Waals surface area (Å²) < 4.78 is 0. The molecule has 1 aliphatic carbocycles. The van der Waals surface area contributed by atoms with Gasteiger partial charge in [-0.05, 0) is 38.8 Å². The summed E-state index contributed by atoms with van der Waals surface area (Å²) in [4.78, 5) is 0. The van der Waals surface area contributed by atoms with Crippen molar-refractivity contribution in [3.63, 3.8) is 0 Å². The molecule has 2 aromatic carbocycles. The topological polar surface area (TPSA) is 0 Å². The molecule has 120 valence electrons. The second-order valence-corrected chi connectivity index (χ2v) is 4.64. The van der Waals surface area contributed by atoms with Crippen LogP contribution >= 0.6 is 0 Å². The average molecular weight is 304 g/mol. The molecule has 0 atom stereocenters. The van der Waals surface area contributed by atoms with E-state index in [1.54, 1.807) is 0 Å². The molecule has 3 rings (SSSR count). The Morgan fingerprint density at radius 3 is 2.04 bits per heavy atom. The van der Waals surface area contributed by atoms with Gasteiger partial charge in [0, 0.05) is 0 Å². The van der Waals surface area contributed by atoms with Crippen molar-refractivity contribution in [3.05, 3.63) is 71.1 Å². The number of fused-ring (bicyclic) bond motifs is 3. The summed E-state index contributed by atoms with van der Waals surface area (Å²) in [6.07, 6.45) is 13.6. The van der Waals surface area contributed by atoms with Crippen LogP contribution in [0.1, 0.15) is 45.2 Å². The van der Waals surface area contributed by atoms with E-state index in [2.05, 4.69) is 61.7 Å². The number of allylic oxidation sites excluding steroid dienone is 2. The predicted molar refractivity (Wildman–Crippen MR) is 109 cm³/mol. The molecule has 1 aliphatic rings. The highest BCUT2D eigenvalue weighted by atomic mass is 14.1. The van der Waals surface area contributed by atoms with E-state index in [4.69, 9.17) is 0 Å². The molecule has 0 amide bonds. The van der Waals surface area contributed by atoms with Gasteiger partial charge in [0.15, 0.2) is 0 Å². The maximum Gasteiger partial charge on any atom is -0.00993 e. The maximum absolute atomic E-state index is 3.98. The van der Waals surface area contributed by atoms with Gasteiger partial charge in [0.1, 0.15) is 0 Å². The summed E-state index contributed by atoms with van der Waals surface area (Å²) in [5.74, 6) is 0. The summed E-state index contributed by atoms with van der Waals surface area (Å²) in [5, 5.41) is 5.09. The highest BCUT2D eigenvalue weighted by Crippen LogP contribution is 2.19. The van der Waals surface area contributed by atoms with E-state index in [9.17, 15) is 0 Å². The first-order chi connectivity index (χ1) is 11.4. The van der Waals surface area contributed by atoms with E-state index in [0.717, 1.165) is 6.42 Å². The third-order valence-corrected chi connectivity index (χ3v) is 3.64. The molecule has 0 aliphatic heterocycles. The largest absolute Gasteiger partial charge is 0.0984 e. The van der Waals surface area contributed by atoms with Gasteiger partial charge in [0.25, 0.3) is 0 Å². The van der Waals surface area contributed by atoms with Crippen LogP contribution in [0.5, 0.6) is 0 Å². The molecule has 0 radical (unpaired) electrons. The van der Waals surface area contributed by atoms with Crippen LogP contribution < -0.4 is 10.4 Å². The van der Waals surface area contributed by atoms with Gasteiger partial charge >= 0.3 is 0 Å². The number of benzene rings is 2.